The second-order valence-electron chi connectivity index (χ2n) is 7.84. The van der Waals surface area contributed by atoms with E-state index in [1.54, 1.807) is 28.6 Å². The molecule has 0 N–H and O–H groups in total. The third kappa shape index (κ3) is 6.65. The molecule has 0 saturated carbocycles. The summed E-state index contributed by atoms with van der Waals surface area (Å²) in [4.78, 5) is 34.4. The van der Waals surface area contributed by atoms with E-state index >= 15 is 0 Å². The highest BCUT2D eigenvalue weighted by molar-refractivity contribution is 7.09. The number of ether oxygens (including phenoxy) is 1. The number of hydrogen-bond acceptors (Lipinski definition) is 5. The Kier molecular flexibility index (Phi) is 7.77. The number of amides is 2. The molecule has 29 heavy (non-hydrogen) atoms. The third-order valence-electron chi connectivity index (χ3n) is 4.84. The molecule has 2 aromatic heterocycles. The summed E-state index contributed by atoms with van der Waals surface area (Å²) in [6.45, 7) is 6.34. The van der Waals surface area contributed by atoms with Crippen LogP contribution in [0.3, 0.4) is 0 Å². The maximum absolute atomic E-state index is 12.8. The van der Waals surface area contributed by atoms with Crippen LogP contribution >= 0.6 is 11.3 Å². The van der Waals surface area contributed by atoms with E-state index in [0.29, 0.717) is 45.0 Å². The highest BCUT2D eigenvalue weighted by Crippen LogP contribution is 2.16. The molecule has 1 saturated heterocycles. The Hall–Kier alpha value is -2.25. The van der Waals surface area contributed by atoms with Crippen LogP contribution in [0.5, 0.6) is 0 Å². The summed E-state index contributed by atoms with van der Waals surface area (Å²) in [6, 6.07) is 7.87. The van der Waals surface area contributed by atoms with Crippen LogP contribution in [0.25, 0.3) is 0 Å². The predicted octanol–water partition coefficient (Wildman–Crippen LogP) is 2.99. The maximum Gasteiger partial charge on any atom is 0.242 e. The first kappa shape index (κ1) is 21.5. The molecule has 7 heteroatoms. The van der Waals surface area contributed by atoms with Crippen LogP contribution in [0.15, 0.2) is 42.0 Å². The standard InChI is InChI=1S/C22H29N3O3S/c1-17(2)12-24-13-19(28-16-18-5-3-9-23-11-18)14-25(15-22(24)27)21(26)8-7-20-6-4-10-29-20/h3-6,9-11,17,19H,7-8,12-16H2,1-2H3/t19-/m1/s1. The Morgan fingerprint density at radius 1 is 1.31 bits per heavy atom. The molecule has 0 radical (unpaired) electrons. The van der Waals surface area contributed by atoms with Crippen molar-refractivity contribution >= 4 is 23.2 Å². The number of rotatable bonds is 8. The van der Waals surface area contributed by atoms with Gasteiger partial charge < -0.3 is 14.5 Å². The molecule has 0 aromatic carbocycles. The highest BCUT2D eigenvalue weighted by atomic mass is 32.1. The van der Waals surface area contributed by atoms with Crippen LogP contribution in [0.1, 0.15) is 30.7 Å². The number of thiophene rings is 1. The Labute approximate surface area is 176 Å². The second-order valence-corrected chi connectivity index (χ2v) is 8.87. The van der Waals surface area contributed by atoms with Gasteiger partial charge in [0.1, 0.15) is 0 Å². The molecule has 156 valence electrons. The summed E-state index contributed by atoms with van der Waals surface area (Å²) in [6.07, 6.45) is 4.40. The molecule has 0 spiro atoms. The van der Waals surface area contributed by atoms with Crippen LogP contribution in [0, 0.1) is 5.92 Å². The van der Waals surface area contributed by atoms with Gasteiger partial charge in [-0.2, -0.15) is 0 Å². The molecule has 1 fully saturated rings. The minimum Gasteiger partial charge on any atom is -0.370 e. The van der Waals surface area contributed by atoms with Crippen molar-refractivity contribution in [2.45, 2.75) is 39.4 Å². The molecule has 0 aliphatic carbocycles. The van der Waals surface area contributed by atoms with E-state index in [4.69, 9.17) is 4.74 Å². The van der Waals surface area contributed by atoms with Crippen molar-refractivity contribution in [3.63, 3.8) is 0 Å². The van der Waals surface area contributed by atoms with Crippen molar-refractivity contribution in [3.8, 4) is 0 Å². The minimum atomic E-state index is -0.217. The first-order valence-electron chi connectivity index (χ1n) is 10.1. The quantitative estimate of drug-likeness (QED) is 0.665. The Morgan fingerprint density at radius 3 is 2.86 bits per heavy atom. The zero-order valence-electron chi connectivity index (χ0n) is 17.1. The maximum atomic E-state index is 12.8. The van der Waals surface area contributed by atoms with Crippen molar-refractivity contribution in [1.82, 2.24) is 14.8 Å². The van der Waals surface area contributed by atoms with Gasteiger partial charge in [0.15, 0.2) is 0 Å². The van der Waals surface area contributed by atoms with Gasteiger partial charge in [-0.1, -0.05) is 26.0 Å². The first-order chi connectivity index (χ1) is 14.0. The zero-order chi connectivity index (χ0) is 20.6. The summed E-state index contributed by atoms with van der Waals surface area (Å²) < 4.78 is 6.11. The summed E-state index contributed by atoms with van der Waals surface area (Å²) >= 11 is 1.65. The fourth-order valence-electron chi connectivity index (χ4n) is 3.43. The molecule has 3 rings (SSSR count). The monoisotopic (exact) mass is 415 g/mol. The molecule has 6 nitrogen and oxygen atoms in total. The number of aromatic nitrogens is 1. The van der Waals surface area contributed by atoms with Crippen molar-refractivity contribution < 1.29 is 14.3 Å². The summed E-state index contributed by atoms with van der Waals surface area (Å²) in [5.41, 5.74) is 0.981. The summed E-state index contributed by atoms with van der Waals surface area (Å²) in [7, 11) is 0. The molecule has 0 unspecified atom stereocenters. The molecular formula is C22H29N3O3S. The number of carbonyl (C=O) groups is 2. The van der Waals surface area contributed by atoms with E-state index in [1.165, 1.54) is 4.88 Å². The number of carbonyl (C=O) groups excluding carboxylic acids is 2. The van der Waals surface area contributed by atoms with Gasteiger partial charge in [-0.25, -0.2) is 0 Å². The lowest BCUT2D eigenvalue weighted by molar-refractivity contribution is -0.139. The number of hydrogen-bond donors (Lipinski definition) is 0. The fraction of sp³-hybridized carbons (Fsp3) is 0.500. The smallest absolute Gasteiger partial charge is 0.242 e. The third-order valence-corrected chi connectivity index (χ3v) is 5.78. The molecule has 3 heterocycles. The average Bonchev–Trinajstić information content (AvgIpc) is 3.17. The van der Waals surface area contributed by atoms with Gasteiger partial charge in [-0.3, -0.25) is 14.6 Å². The van der Waals surface area contributed by atoms with E-state index in [9.17, 15) is 9.59 Å². The van der Waals surface area contributed by atoms with Crippen LogP contribution in [-0.4, -0.2) is 58.9 Å². The first-order valence-corrected chi connectivity index (χ1v) is 11.0. The second kappa shape index (κ2) is 10.5. The van der Waals surface area contributed by atoms with Crippen LogP contribution < -0.4 is 0 Å². The van der Waals surface area contributed by atoms with Gasteiger partial charge in [0.25, 0.3) is 0 Å². The largest absolute Gasteiger partial charge is 0.370 e. The average molecular weight is 416 g/mol. The molecule has 1 aliphatic heterocycles. The van der Waals surface area contributed by atoms with Gasteiger partial charge in [0.05, 0.1) is 19.3 Å². The summed E-state index contributed by atoms with van der Waals surface area (Å²) in [5, 5.41) is 2.02. The van der Waals surface area contributed by atoms with Crippen molar-refractivity contribution in [3.05, 3.63) is 52.5 Å². The lowest BCUT2D eigenvalue weighted by Crippen LogP contribution is -2.40. The van der Waals surface area contributed by atoms with Gasteiger partial charge in [0, 0.05) is 43.3 Å². The highest BCUT2D eigenvalue weighted by Gasteiger charge is 2.31. The van der Waals surface area contributed by atoms with Gasteiger partial charge >= 0.3 is 0 Å². The SMILES string of the molecule is CC(C)CN1C[C@@H](OCc2cccnc2)CN(C(=O)CCc2cccs2)CC1=O. The molecule has 0 bridgehead atoms. The van der Waals surface area contributed by atoms with E-state index < -0.39 is 0 Å². The lowest BCUT2D eigenvalue weighted by atomic mass is 10.2. The fourth-order valence-corrected chi connectivity index (χ4v) is 4.14. The number of pyridine rings is 1. The molecule has 2 aromatic rings. The Bertz CT molecular complexity index is 780. The topological polar surface area (TPSA) is 62.7 Å². The number of aryl methyl sites for hydroxylation is 1. The minimum absolute atomic E-state index is 0.00403. The van der Waals surface area contributed by atoms with E-state index in [1.807, 2.05) is 34.5 Å². The van der Waals surface area contributed by atoms with Crippen LogP contribution in [-0.2, 0) is 27.4 Å². The molecule has 1 aliphatic rings. The molecular weight excluding hydrogens is 386 g/mol. The van der Waals surface area contributed by atoms with E-state index in [-0.39, 0.29) is 24.5 Å². The van der Waals surface area contributed by atoms with Gasteiger partial charge in [0.2, 0.25) is 11.8 Å². The normalized spacial score (nSPS) is 17.6. The predicted molar refractivity (Wildman–Crippen MR) is 113 cm³/mol. The van der Waals surface area contributed by atoms with Crippen LogP contribution in [0.4, 0.5) is 0 Å². The van der Waals surface area contributed by atoms with E-state index in [0.717, 1.165) is 5.56 Å². The Morgan fingerprint density at radius 2 is 2.17 bits per heavy atom. The van der Waals surface area contributed by atoms with Crippen LogP contribution in [0.2, 0.25) is 0 Å². The van der Waals surface area contributed by atoms with E-state index in [2.05, 4.69) is 18.8 Å². The van der Waals surface area contributed by atoms with Crippen molar-refractivity contribution in [1.29, 1.82) is 0 Å². The van der Waals surface area contributed by atoms with Crippen molar-refractivity contribution in [2.24, 2.45) is 5.92 Å². The Balaban J connectivity index is 1.65. The summed E-state index contributed by atoms with van der Waals surface area (Å²) in [5.74, 6) is 0.364. The number of nitrogens with zero attached hydrogens (tertiary/aromatic N) is 3. The van der Waals surface area contributed by atoms with Gasteiger partial charge in [-0.15, -0.1) is 11.3 Å². The van der Waals surface area contributed by atoms with Crippen molar-refractivity contribution in [2.75, 3.05) is 26.2 Å². The lowest BCUT2D eigenvalue weighted by Gasteiger charge is -2.26. The molecule has 2 amide bonds. The zero-order valence-corrected chi connectivity index (χ0v) is 17.9. The van der Waals surface area contributed by atoms with Gasteiger partial charge in [-0.05, 0) is 35.4 Å². The molecule has 1 atom stereocenters.